The summed E-state index contributed by atoms with van der Waals surface area (Å²) in [4.78, 5) is 0. The van der Waals surface area contributed by atoms with Crippen LogP contribution in [-0.2, 0) is 11.6 Å². The molecule has 1 unspecified atom stereocenters. The van der Waals surface area contributed by atoms with Gasteiger partial charge in [-0.2, -0.15) is 13.2 Å². The predicted octanol–water partition coefficient (Wildman–Crippen LogP) is 4.66. The van der Waals surface area contributed by atoms with Crippen molar-refractivity contribution >= 4 is 12.2 Å². The van der Waals surface area contributed by atoms with Crippen LogP contribution in [0.5, 0.6) is 0 Å². The smallest absolute Gasteiger partial charge is 0.166 e. The molecule has 0 saturated carbocycles. The van der Waals surface area contributed by atoms with Crippen LogP contribution in [0.1, 0.15) is 23.1 Å². The average Bonchev–Trinajstić information content (AvgIpc) is 2.68. The van der Waals surface area contributed by atoms with Crippen molar-refractivity contribution in [1.82, 2.24) is 0 Å². The summed E-state index contributed by atoms with van der Waals surface area (Å²) in [6, 6.07) is 23.6. The van der Waals surface area contributed by atoms with Gasteiger partial charge < -0.3 is 0 Å². The molecule has 3 aromatic rings. The molecular formula is C23H17F3. The Kier molecular flexibility index (Phi) is 3.95. The summed E-state index contributed by atoms with van der Waals surface area (Å²) in [6.45, 7) is 0. The van der Waals surface area contributed by atoms with Gasteiger partial charge in [-0.15, -0.1) is 0 Å². The normalized spacial score (nSPS) is 19.2. The van der Waals surface area contributed by atoms with Gasteiger partial charge in [-0.3, -0.25) is 0 Å². The summed E-state index contributed by atoms with van der Waals surface area (Å²) in [5.74, 6) is 0. The summed E-state index contributed by atoms with van der Waals surface area (Å²) >= 11 is 0. The maximum Gasteiger partial charge on any atom is 0.416 e. The first-order chi connectivity index (χ1) is 12.5. The van der Waals surface area contributed by atoms with Crippen LogP contribution in [-0.4, -0.2) is 0 Å². The molecule has 130 valence electrons. The number of hydrogen-bond donors (Lipinski definition) is 0. The molecule has 1 aliphatic carbocycles. The Morgan fingerprint density at radius 3 is 1.88 bits per heavy atom. The van der Waals surface area contributed by atoms with E-state index in [0.29, 0.717) is 6.42 Å². The minimum absolute atomic E-state index is 0.472. The molecule has 0 radical (unpaired) electrons. The number of alkyl halides is 3. The second-order valence-corrected chi connectivity index (χ2v) is 6.59. The standard InChI is InChI=1S/C23H17F3/c24-23(25,26)21-12-10-20(11-13-21)22(19-8-2-1-3-9-19)15-14-17-6-4-5-7-18(17)16-22/h1-14,16H,15H2. The first-order valence-electron chi connectivity index (χ1n) is 8.50. The van der Waals surface area contributed by atoms with E-state index in [0.717, 1.165) is 21.6 Å². The van der Waals surface area contributed by atoms with Crippen molar-refractivity contribution in [3.05, 3.63) is 106 Å². The van der Waals surface area contributed by atoms with Gasteiger partial charge in [-0.25, -0.2) is 0 Å². The Labute approximate surface area is 149 Å². The maximum atomic E-state index is 13.0. The molecule has 1 aliphatic rings. The molecular weight excluding hydrogens is 333 g/mol. The Balaban J connectivity index is 1.93. The molecule has 0 heterocycles. The third-order valence-electron chi connectivity index (χ3n) is 5.06. The first-order valence-corrected chi connectivity index (χ1v) is 8.50. The van der Waals surface area contributed by atoms with Crippen LogP contribution in [0.25, 0.3) is 12.2 Å². The highest BCUT2D eigenvalue weighted by Crippen LogP contribution is 2.40. The van der Waals surface area contributed by atoms with E-state index in [1.807, 2.05) is 48.5 Å². The summed E-state index contributed by atoms with van der Waals surface area (Å²) in [5, 5.41) is 2.26. The van der Waals surface area contributed by atoms with Gasteiger partial charge in [-0.05, 0) is 40.1 Å². The molecule has 0 spiro atoms. The van der Waals surface area contributed by atoms with Crippen LogP contribution in [0.2, 0.25) is 0 Å². The molecule has 0 aromatic heterocycles. The fourth-order valence-corrected chi connectivity index (χ4v) is 3.68. The molecule has 3 heteroatoms. The SMILES string of the molecule is FC(F)(F)c1ccc(C2(c3ccccc3)C=c3ccccc3=CC2)cc1. The Morgan fingerprint density at radius 1 is 0.654 bits per heavy atom. The molecule has 0 fully saturated rings. The lowest BCUT2D eigenvalue weighted by Gasteiger charge is -2.33. The van der Waals surface area contributed by atoms with E-state index in [9.17, 15) is 13.2 Å². The monoisotopic (exact) mass is 350 g/mol. The highest BCUT2D eigenvalue weighted by atomic mass is 19.4. The van der Waals surface area contributed by atoms with Crippen molar-refractivity contribution in [2.24, 2.45) is 0 Å². The van der Waals surface area contributed by atoms with Crippen LogP contribution in [0.4, 0.5) is 13.2 Å². The lowest BCUT2D eigenvalue weighted by Crippen LogP contribution is -2.37. The van der Waals surface area contributed by atoms with E-state index < -0.39 is 17.2 Å². The van der Waals surface area contributed by atoms with Crippen molar-refractivity contribution in [1.29, 1.82) is 0 Å². The highest BCUT2D eigenvalue weighted by molar-refractivity contribution is 5.62. The minimum Gasteiger partial charge on any atom is -0.166 e. The van der Waals surface area contributed by atoms with Crippen molar-refractivity contribution in [3.8, 4) is 0 Å². The van der Waals surface area contributed by atoms with Gasteiger partial charge in [0, 0.05) is 5.41 Å². The summed E-state index contributed by atoms with van der Waals surface area (Å²) in [7, 11) is 0. The largest absolute Gasteiger partial charge is 0.416 e. The molecule has 0 aliphatic heterocycles. The Bertz CT molecular complexity index is 1030. The summed E-state index contributed by atoms with van der Waals surface area (Å²) in [5.41, 5.74) is 0.845. The van der Waals surface area contributed by atoms with Gasteiger partial charge in [-0.1, -0.05) is 78.9 Å². The number of hydrogen-bond acceptors (Lipinski definition) is 0. The Morgan fingerprint density at radius 2 is 1.23 bits per heavy atom. The minimum atomic E-state index is -4.33. The van der Waals surface area contributed by atoms with Gasteiger partial charge in [0.15, 0.2) is 0 Å². The van der Waals surface area contributed by atoms with Crippen molar-refractivity contribution in [2.75, 3.05) is 0 Å². The fraction of sp³-hybridized carbons (Fsp3) is 0.130. The molecule has 1 atom stereocenters. The zero-order chi connectivity index (χ0) is 18.2. The van der Waals surface area contributed by atoms with Gasteiger partial charge in [0.05, 0.1) is 5.56 Å². The lowest BCUT2D eigenvalue weighted by atomic mass is 9.69. The van der Waals surface area contributed by atoms with Crippen LogP contribution >= 0.6 is 0 Å². The van der Waals surface area contributed by atoms with Crippen LogP contribution < -0.4 is 10.4 Å². The Hall–Kier alpha value is -2.81. The quantitative estimate of drug-likeness (QED) is 0.631. The van der Waals surface area contributed by atoms with Crippen molar-refractivity contribution in [3.63, 3.8) is 0 Å². The second kappa shape index (κ2) is 6.17. The van der Waals surface area contributed by atoms with E-state index in [1.165, 1.54) is 12.1 Å². The molecule has 0 saturated heterocycles. The van der Waals surface area contributed by atoms with E-state index in [2.05, 4.69) is 18.2 Å². The van der Waals surface area contributed by atoms with Gasteiger partial charge in [0.2, 0.25) is 0 Å². The lowest BCUT2D eigenvalue weighted by molar-refractivity contribution is -0.137. The highest BCUT2D eigenvalue weighted by Gasteiger charge is 2.34. The van der Waals surface area contributed by atoms with Crippen LogP contribution in [0.3, 0.4) is 0 Å². The molecule has 0 nitrogen and oxygen atoms in total. The number of fused-ring (bicyclic) bond motifs is 1. The van der Waals surface area contributed by atoms with E-state index in [-0.39, 0.29) is 0 Å². The van der Waals surface area contributed by atoms with E-state index in [1.54, 1.807) is 12.1 Å². The third-order valence-corrected chi connectivity index (χ3v) is 5.06. The second-order valence-electron chi connectivity index (χ2n) is 6.59. The summed E-state index contributed by atoms with van der Waals surface area (Å²) < 4.78 is 38.9. The molecule has 4 rings (SSSR count). The molecule has 0 bridgehead atoms. The topological polar surface area (TPSA) is 0 Å². The first kappa shape index (κ1) is 16.6. The summed E-state index contributed by atoms with van der Waals surface area (Å²) in [6.07, 6.45) is 0.729. The zero-order valence-electron chi connectivity index (χ0n) is 14.0. The third kappa shape index (κ3) is 2.84. The fourth-order valence-electron chi connectivity index (χ4n) is 3.68. The molecule has 3 aromatic carbocycles. The van der Waals surface area contributed by atoms with Gasteiger partial charge >= 0.3 is 6.18 Å². The predicted molar refractivity (Wildman–Crippen MR) is 97.9 cm³/mol. The number of benzene rings is 3. The number of rotatable bonds is 2. The molecule has 26 heavy (non-hydrogen) atoms. The van der Waals surface area contributed by atoms with Crippen LogP contribution in [0, 0.1) is 0 Å². The molecule has 0 N–H and O–H groups in total. The van der Waals surface area contributed by atoms with E-state index in [4.69, 9.17) is 0 Å². The van der Waals surface area contributed by atoms with Crippen molar-refractivity contribution in [2.45, 2.75) is 18.0 Å². The average molecular weight is 350 g/mol. The van der Waals surface area contributed by atoms with E-state index >= 15 is 0 Å². The van der Waals surface area contributed by atoms with Gasteiger partial charge in [0.25, 0.3) is 0 Å². The van der Waals surface area contributed by atoms with Crippen molar-refractivity contribution < 1.29 is 13.2 Å². The molecule has 0 amide bonds. The maximum absolute atomic E-state index is 13.0. The van der Waals surface area contributed by atoms with Gasteiger partial charge in [0.1, 0.15) is 0 Å². The number of halogens is 3. The van der Waals surface area contributed by atoms with Crippen LogP contribution in [0.15, 0.2) is 78.9 Å². The zero-order valence-corrected chi connectivity index (χ0v) is 14.0.